The first-order valence-corrected chi connectivity index (χ1v) is 20.1. The van der Waals surface area contributed by atoms with E-state index >= 15 is 0 Å². The number of carbonyl (C=O) groups is 2. The number of aromatic nitrogens is 20. The second-order valence-corrected chi connectivity index (χ2v) is 14.2. The van der Waals surface area contributed by atoms with Crippen LogP contribution in [0.3, 0.4) is 0 Å². The number of nitrogens with two attached hydrogens (primary N) is 5. The van der Waals surface area contributed by atoms with Crippen molar-refractivity contribution < 1.29 is 19.8 Å². The van der Waals surface area contributed by atoms with Gasteiger partial charge in [-0.3, -0.25) is 58.5 Å². The second kappa shape index (κ2) is 24.4. The van der Waals surface area contributed by atoms with E-state index in [1.54, 1.807) is 34.6 Å². The fourth-order valence-electron chi connectivity index (χ4n) is 5.11. The van der Waals surface area contributed by atoms with Crippen molar-refractivity contribution in [2.24, 2.45) is 0 Å². The normalized spacial score (nSPS) is 10.1. The molecule has 0 amide bonds. The number of fused-ring (bicyclic) bond motifs is 5. The highest BCUT2D eigenvalue weighted by Crippen LogP contribution is 2.05. The van der Waals surface area contributed by atoms with Crippen molar-refractivity contribution in [2.45, 2.75) is 48.5 Å². The van der Waals surface area contributed by atoms with Crippen LogP contribution in [-0.2, 0) is 9.59 Å². The molecule has 0 saturated carbocycles. The first-order valence-electron chi connectivity index (χ1n) is 20.1. The number of hydrogen-bond acceptors (Lipinski definition) is 27. The minimum atomic E-state index is -0.833. The van der Waals surface area contributed by atoms with Crippen molar-refractivity contribution in [1.29, 1.82) is 0 Å². The highest BCUT2D eigenvalue weighted by Gasteiger charge is 2.08. The Bertz CT molecular complexity index is 3370. The summed E-state index contributed by atoms with van der Waals surface area (Å²) in [5, 5.41) is 14.8. The topological polar surface area (TPSA) is 562 Å². The molecule has 73 heavy (non-hydrogen) atoms. The summed E-state index contributed by atoms with van der Waals surface area (Å²) in [5.74, 6) is -1.41. The molecule has 17 N–H and O–H groups in total. The van der Waals surface area contributed by atoms with Gasteiger partial charge in [-0.2, -0.15) is 24.9 Å². The SMILES string of the molecule is CC(=O)O.CC(=O)O.Cc1cnc2nc(N)[nH]c(=O)c2n1.Cc1cnc2nc(N)[nH]c(=O)c2n1.Cc1cnc2nc(N)[nH]c(=O)c2n1.Cc1cnc2nc(N)[nH]c(=O)c2n1.Cc1cnc2nc(N)[nH]c(=O)c2n1. The van der Waals surface area contributed by atoms with E-state index in [4.69, 9.17) is 48.5 Å². The van der Waals surface area contributed by atoms with Gasteiger partial charge in [-0.15, -0.1) is 0 Å². The largest absolute Gasteiger partial charge is 0.481 e. The molecular formula is C39H43N25O9. The molecule has 0 aliphatic heterocycles. The van der Waals surface area contributed by atoms with E-state index < -0.39 is 11.9 Å². The molecule has 0 aliphatic rings. The number of rotatable bonds is 0. The lowest BCUT2D eigenvalue weighted by Crippen LogP contribution is -2.13. The summed E-state index contributed by atoms with van der Waals surface area (Å²) in [6.45, 7) is 10.9. The van der Waals surface area contributed by atoms with Gasteiger partial charge in [0.05, 0.1) is 59.5 Å². The van der Waals surface area contributed by atoms with Crippen LogP contribution in [0.2, 0.25) is 0 Å². The minimum absolute atomic E-state index is 0.0515. The van der Waals surface area contributed by atoms with Crippen LogP contribution in [0.4, 0.5) is 29.7 Å². The van der Waals surface area contributed by atoms with Gasteiger partial charge in [0.1, 0.15) is 0 Å². The summed E-state index contributed by atoms with van der Waals surface area (Å²) in [4.78, 5) is 145. The van der Waals surface area contributed by atoms with Crippen molar-refractivity contribution in [3.8, 4) is 0 Å². The molecule has 34 nitrogen and oxygen atoms in total. The number of anilines is 5. The molecule has 10 aromatic rings. The number of hydrogen-bond donors (Lipinski definition) is 12. The van der Waals surface area contributed by atoms with Crippen LogP contribution in [0.25, 0.3) is 55.8 Å². The number of nitrogens with one attached hydrogen (secondary N) is 5. The maximum absolute atomic E-state index is 11.3. The molecule has 0 aromatic carbocycles. The summed E-state index contributed by atoms with van der Waals surface area (Å²) >= 11 is 0. The van der Waals surface area contributed by atoms with E-state index in [9.17, 15) is 24.0 Å². The third-order valence-corrected chi connectivity index (χ3v) is 7.78. The molecule has 34 heteroatoms. The molecule has 0 aliphatic carbocycles. The fraction of sp³-hybridized carbons (Fsp3) is 0.179. The van der Waals surface area contributed by atoms with Crippen molar-refractivity contribution in [3.63, 3.8) is 0 Å². The zero-order valence-electron chi connectivity index (χ0n) is 39.2. The summed E-state index contributed by atoms with van der Waals surface area (Å²) in [6.07, 6.45) is 7.68. The number of aryl methyl sites for hydroxylation is 5. The Labute approximate surface area is 404 Å². The minimum Gasteiger partial charge on any atom is -0.481 e. The lowest BCUT2D eigenvalue weighted by molar-refractivity contribution is -0.135. The van der Waals surface area contributed by atoms with Gasteiger partial charge in [-0.25, -0.2) is 49.8 Å². The molecule has 0 saturated heterocycles. The third kappa shape index (κ3) is 16.4. The Morgan fingerprint density at radius 3 is 0.616 bits per heavy atom. The number of carboxylic acids is 2. The van der Waals surface area contributed by atoms with E-state index in [0.29, 0.717) is 28.5 Å². The van der Waals surface area contributed by atoms with Gasteiger partial charge in [-0.05, 0) is 34.6 Å². The van der Waals surface area contributed by atoms with Crippen molar-refractivity contribution in [1.82, 2.24) is 99.7 Å². The first-order chi connectivity index (χ1) is 34.3. The Hall–Kier alpha value is -11.0. The maximum Gasteiger partial charge on any atom is 0.300 e. The van der Waals surface area contributed by atoms with Crippen molar-refractivity contribution in [2.75, 3.05) is 28.7 Å². The molecule has 378 valence electrons. The van der Waals surface area contributed by atoms with E-state index in [1.165, 1.54) is 31.0 Å². The summed E-state index contributed by atoms with van der Waals surface area (Å²) < 4.78 is 0. The Morgan fingerprint density at radius 1 is 0.342 bits per heavy atom. The molecular weight excluding hydrogens is 963 g/mol. The highest BCUT2D eigenvalue weighted by molar-refractivity contribution is 5.72. The average Bonchev–Trinajstić information content (AvgIpc) is 3.28. The smallest absolute Gasteiger partial charge is 0.300 e. The first kappa shape index (κ1) is 54.6. The molecule has 10 aromatic heterocycles. The van der Waals surface area contributed by atoms with Gasteiger partial charge in [0.2, 0.25) is 29.7 Å². The van der Waals surface area contributed by atoms with Crippen LogP contribution in [0.15, 0.2) is 55.0 Å². The molecule has 0 fully saturated rings. The molecule has 10 rings (SSSR count). The number of nitrogen functional groups attached to an aromatic ring is 5. The zero-order chi connectivity index (χ0) is 54.3. The number of aliphatic carboxylic acids is 2. The summed E-state index contributed by atoms with van der Waals surface area (Å²) in [6, 6.07) is 0. The lowest BCUT2D eigenvalue weighted by atomic mass is 10.4. The van der Waals surface area contributed by atoms with Crippen LogP contribution < -0.4 is 56.5 Å². The maximum atomic E-state index is 11.3. The molecule has 0 bridgehead atoms. The molecule has 0 atom stereocenters. The van der Waals surface area contributed by atoms with E-state index in [1.807, 2.05) is 0 Å². The van der Waals surface area contributed by atoms with Crippen molar-refractivity contribution >= 4 is 97.5 Å². The predicted molar refractivity (Wildman–Crippen MR) is 262 cm³/mol. The molecule has 0 radical (unpaired) electrons. The van der Waals surface area contributed by atoms with E-state index in [-0.39, 0.29) is 113 Å². The van der Waals surface area contributed by atoms with Crippen LogP contribution in [-0.4, -0.2) is 122 Å². The zero-order valence-corrected chi connectivity index (χ0v) is 39.2. The van der Waals surface area contributed by atoms with Crippen LogP contribution in [0.5, 0.6) is 0 Å². The molecule has 0 unspecified atom stereocenters. The molecule has 0 spiro atoms. The fourth-order valence-corrected chi connectivity index (χ4v) is 5.11. The second-order valence-electron chi connectivity index (χ2n) is 14.2. The van der Waals surface area contributed by atoms with Gasteiger partial charge in [0, 0.05) is 13.8 Å². The highest BCUT2D eigenvalue weighted by atomic mass is 16.4. The number of aromatic amines is 5. The Morgan fingerprint density at radius 2 is 0.479 bits per heavy atom. The lowest BCUT2D eigenvalue weighted by Gasteiger charge is -1.96. The summed E-state index contributed by atoms with van der Waals surface area (Å²) in [7, 11) is 0. The van der Waals surface area contributed by atoms with Gasteiger partial charge in [0.15, 0.2) is 55.8 Å². The predicted octanol–water partition coefficient (Wildman–Crippen LogP) is -1.80. The van der Waals surface area contributed by atoms with Gasteiger partial charge in [-0.1, -0.05) is 0 Å². The van der Waals surface area contributed by atoms with Crippen molar-refractivity contribution in [3.05, 3.63) is 111 Å². The van der Waals surface area contributed by atoms with Gasteiger partial charge in [0.25, 0.3) is 39.7 Å². The summed E-state index contributed by atoms with van der Waals surface area (Å²) in [5.41, 5.74) is 30.6. The van der Waals surface area contributed by atoms with Crippen LogP contribution >= 0.6 is 0 Å². The third-order valence-electron chi connectivity index (χ3n) is 7.78. The van der Waals surface area contributed by atoms with Gasteiger partial charge >= 0.3 is 0 Å². The standard InChI is InChI=1S/5C7H7N5O.2C2H4O2/c5*1-3-2-9-5-4(10-3)6(13)12-7(8)11-5;2*1-2(3)4/h5*2H,1H3,(H3,8,9,11,12,13);2*1H3,(H,3,4). The van der Waals surface area contributed by atoms with Crippen LogP contribution in [0, 0.1) is 34.6 Å². The van der Waals surface area contributed by atoms with E-state index in [0.717, 1.165) is 13.8 Å². The quantitative estimate of drug-likeness (QED) is 0.0797. The van der Waals surface area contributed by atoms with E-state index in [2.05, 4.69) is 99.7 Å². The number of carboxylic acid groups (broad SMARTS) is 2. The average molecular weight is 1010 g/mol. The van der Waals surface area contributed by atoms with Crippen LogP contribution in [0.1, 0.15) is 42.3 Å². The number of H-pyrrole nitrogens is 5. The van der Waals surface area contributed by atoms with Gasteiger partial charge < -0.3 is 38.9 Å². The Balaban J connectivity index is 0.000000191. The Kier molecular flexibility index (Phi) is 18.2. The number of nitrogens with zero attached hydrogens (tertiary/aromatic N) is 15. The molecule has 10 heterocycles. The monoisotopic (exact) mass is 1010 g/mol.